The van der Waals surface area contributed by atoms with Crippen molar-refractivity contribution in [2.45, 2.75) is 26.0 Å². The van der Waals surface area contributed by atoms with Gasteiger partial charge in [0.15, 0.2) is 0 Å². The Kier molecular flexibility index (Phi) is 4.89. The molecule has 1 saturated heterocycles. The van der Waals surface area contributed by atoms with Crippen LogP contribution in [0.2, 0.25) is 0 Å². The molecule has 2 unspecified atom stereocenters. The van der Waals surface area contributed by atoms with E-state index in [9.17, 15) is 13.6 Å². The number of halogens is 2. The summed E-state index contributed by atoms with van der Waals surface area (Å²) >= 11 is 0. The molecular formula is C14H18F2N2O2. The maximum Gasteiger partial charge on any atom is 0.387 e. The molecule has 0 aromatic heterocycles. The molecule has 2 rings (SSSR count). The minimum atomic E-state index is -2.86. The van der Waals surface area contributed by atoms with Crippen molar-refractivity contribution < 1.29 is 18.3 Å². The van der Waals surface area contributed by atoms with E-state index in [1.54, 1.807) is 0 Å². The number of carbonyl (C=O) groups is 1. The molecule has 0 saturated carbocycles. The topological polar surface area (TPSA) is 50.4 Å². The second-order valence-electron chi connectivity index (χ2n) is 4.95. The number of nitrogens with one attached hydrogen (secondary N) is 2. The van der Waals surface area contributed by atoms with E-state index < -0.39 is 6.61 Å². The molecular weight excluding hydrogens is 266 g/mol. The van der Waals surface area contributed by atoms with E-state index in [0.717, 1.165) is 19.5 Å². The molecule has 2 atom stereocenters. The molecule has 2 N–H and O–H groups in total. The highest BCUT2D eigenvalue weighted by Gasteiger charge is 2.22. The van der Waals surface area contributed by atoms with Gasteiger partial charge in [-0.1, -0.05) is 6.92 Å². The van der Waals surface area contributed by atoms with Crippen molar-refractivity contribution in [3.8, 4) is 5.75 Å². The Hall–Kier alpha value is -1.69. The Labute approximate surface area is 116 Å². The first-order chi connectivity index (χ1) is 9.56. The molecule has 110 valence electrons. The van der Waals surface area contributed by atoms with Crippen molar-refractivity contribution in [1.82, 2.24) is 10.6 Å². The third-order valence-corrected chi connectivity index (χ3v) is 3.49. The summed E-state index contributed by atoms with van der Waals surface area (Å²) in [5.74, 6) is 0.264. The number of ether oxygens (including phenoxy) is 1. The molecule has 6 heteroatoms. The van der Waals surface area contributed by atoms with Crippen LogP contribution in [-0.2, 0) is 0 Å². The number of carbonyl (C=O) groups excluding carboxylic acids is 1. The number of hydrogen-bond acceptors (Lipinski definition) is 3. The van der Waals surface area contributed by atoms with Crippen LogP contribution in [0.5, 0.6) is 5.75 Å². The highest BCUT2D eigenvalue weighted by atomic mass is 19.3. The fourth-order valence-electron chi connectivity index (χ4n) is 2.22. The Morgan fingerprint density at radius 1 is 1.40 bits per heavy atom. The molecule has 1 aliphatic rings. The predicted molar refractivity (Wildman–Crippen MR) is 71.0 cm³/mol. The summed E-state index contributed by atoms with van der Waals surface area (Å²) in [6.45, 7) is 0.960. The van der Waals surface area contributed by atoms with Crippen LogP contribution in [0.4, 0.5) is 8.78 Å². The molecule has 1 aromatic rings. The van der Waals surface area contributed by atoms with E-state index >= 15 is 0 Å². The molecule has 0 radical (unpaired) electrons. The lowest BCUT2D eigenvalue weighted by Crippen LogP contribution is -2.50. The van der Waals surface area contributed by atoms with Gasteiger partial charge in [0.2, 0.25) is 0 Å². The zero-order valence-corrected chi connectivity index (χ0v) is 11.2. The third kappa shape index (κ3) is 3.90. The van der Waals surface area contributed by atoms with E-state index in [1.165, 1.54) is 24.3 Å². The Morgan fingerprint density at radius 3 is 2.70 bits per heavy atom. The number of alkyl halides is 2. The van der Waals surface area contributed by atoms with Gasteiger partial charge in [-0.05, 0) is 43.1 Å². The van der Waals surface area contributed by atoms with Crippen LogP contribution in [0, 0.1) is 5.92 Å². The van der Waals surface area contributed by atoms with E-state index in [0.29, 0.717) is 11.5 Å². The highest BCUT2D eigenvalue weighted by Crippen LogP contribution is 2.16. The maximum atomic E-state index is 12.1. The maximum absolute atomic E-state index is 12.1. The van der Waals surface area contributed by atoms with Crippen molar-refractivity contribution in [1.29, 1.82) is 0 Å². The SMILES string of the molecule is CC1CCNCC1NC(=O)c1ccc(OC(F)F)cc1. The first-order valence-electron chi connectivity index (χ1n) is 6.62. The van der Waals surface area contributed by atoms with E-state index in [-0.39, 0.29) is 17.7 Å². The Balaban J connectivity index is 1.95. The lowest BCUT2D eigenvalue weighted by Gasteiger charge is -2.30. The fraction of sp³-hybridized carbons (Fsp3) is 0.500. The van der Waals surface area contributed by atoms with Crippen LogP contribution in [0.25, 0.3) is 0 Å². The summed E-state index contributed by atoms with van der Waals surface area (Å²) in [5.41, 5.74) is 0.435. The van der Waals surface area contributed by atoms with Crippen LogP contribution >= 0.6 is 0 Å². The molecule has 1 aromatic carbocycles. The largest absolute Gasteiger partial charge is 0.435 e. The predicted octanol–water partition coefficient (Wildman–Crippen LogP) is 2.02. The third-order valence-electron chi connectivity index (χ3n) is 3.49. The van der Waals surface area contributed by atoms with Gasteiger partial charge in [-0.25, -0.2) is 0 Å². The van der Waals surface area contributed by atoms with Gasteiger partial charge in [0.05, 0.1) is 0 Å². The first kappa shape index (κ1) is 14.7. The van der Waals surface area contributed by atoms with Gasteiger partial charge < -0.3 is 15.4 Å². The van der Waals surface area contributed by atoms with Gasteiger partial charge in [0, 0.05) is 18.2 Å². The van der Waals surface area contributed by atoms with E-state index in [1.807, 2.05) is 0 Å². The van der Waals surface area contributed by atoms with Gasteiger partial charge in [-0.15, -0.1) is 0 Å². The summed E-state index contributed by atoms with van der Waals surface area (Å²) < 4.78 is 28.3. The quantitative estimate of drug-likeness (QED) is 0.889. The van der Waals surface area contributed by atoms with Crippen molar-refractivity contribution in [3.63, 3.8) is 0 Å². The zero-order valence-electron chi connectivity index (χ0n) is 11.2. The molecule has 1 heterocycles. The lowest BCUT2D eigenvalue weighted by atomic mass is 9.94. The first-order valence-corrected chi connectivity index (χ1v) is 6.62. The monoisotopic (exact) mass is 284 g/mol. The minimum Gasteiger partial charge on any atom is -0.435 e. The molecule has 1 aliphatic heterocycles. The second kappa shape index (κ2) is 6.65. The Bertz CT molecular complexity index is 451. The zero-order chi connectivity index (χ0) is 14.5. The number of piperidine rings is 1. The van der Waals surface area contributed by atoms with Gasteiger partial charge in [0.1, 0.15) is 5.75 Å². The summed E-state index contributed by atoms with van der Waals surface area (Å²) in [7, 11) is 0. The number of benzene rings is 1. The molecule has 0 bridgehead atoms. The van der Waals surface area contributed by atoms with Gasteiger partial charge in [-0.3, -0.25) is 4.79 Å². The minimum absolute atomic E-state index is 0.0456. The molecule has 0 spiro atoms. The van der Waals surface area contributed by atoms with Crippen LogP contribution in [0.15, 0.2) is 24.3 Å². The molecule has 0 aliphatic carbocycles. The normalized spacial score (nSPS) is 22.6. The lowest BCUT2D eigenvalue weighted by molar-refractivity contribution is -0.0498. The summed E-state index contributed by atoms with van der Waals surface area (Å²) in [4.78, 5) is 12.1. The van der Waals surface area contributed by atoms with Crippen LogP contribution in [-0.4, -0.2) is 31.7 Å². The average Bonchev–Trinajstić information content (AvgIpc) is 2.41. The van der Waals surface area contributed by atoms with Gasteiger partial charge in [-0.2, -0.15) is 8.78 Å². The standard InChI is InChI=1S/C14H18F2N2O2/c1-9-6-7-17-8-12(9)18-13(19)10-2-4-11(5-3-10)20-14(15)16/h2-5,9,12,14,17H,6-8H2,1H3,(H,18,19). The van der Waals surface area contributed by atoms with E-state index in [4.69, 9.17) is 0 Å². The van der Waals surface area contributed by atoms with Crippen LogP contribution in [0.1, 0.15) is 23.7 Å². The molecule has 20 heavy (non-hydrogen) atoms. The molecule has 1 fully saturated rings. The van der Waals surface area contributed by atoms with Crippen LogP contribution < -0.4 is 15.4 Å². The summed E-state index contributed by atoms with van der Waals surface area (Å²) in [6.07, 6.45) is 1.02. The Morgan fingerprint density at radius 2 is 2.10 bits per heavy atom. The van der Waals surface area contributed by atoms with Gasteiger partial charge in [0.25, 0.3) is 5.91 Å². The second-order valence-corrected chi connectivity index (χ2v) is 4.95. The molecule has 1 amide bonds. The highest BCUT2D eigenvalue weighted by molar-refractivity contribution is 5.94. The van der Waals surface area contributed by atoms with Crippen molar-refractivity contribution in [3.05, 3.63) is 29.8 Å². The molecule has 4 nitrogen and oxygen atoms in total. The van der Waals surface area contributed by atoms with Crippen molar-refractivity contribution in [2.24, 2.45) is 5.92 Å². The number of amides is 1. The smallest absolute Gasteiger partial charge is 0.387 e. The summed E-state index contributed by atoms with van der Waals surface area (Å²) in [6, 6.07) is 5.78. The van der Waals surface area contributed by atoms with Gasteiger partial charge >= 0.3 is 6.61 Å². The van der Waals surface area contributed by atoms with Crippen molar-refractivity contribution in [2.75, 3.05) is 13.1 Å². The summed E-state index contributed by atoms with van der Waals surface area (Å²) in [5, 5.41) is 6.19. The number of rotatable bonds is 4. The fourth-order valence-corrected chi connectivity index (χ4v) is 2.22. The van der Waals surface area contributed by atoms with Crippen LogP contribution in [0.3, 0.4) is 0 Å². The van der Waals surface area contributed by atoms with Crippen molar-refractivity contribution >= 4 is 5.91 Å². The van der Waals surface area contributed by atoms with E-state index in [2.05, 4.69) is 22.3 Å². The average molecular weight is 284 g/mol. The number of hydrogen-bond donors (Lipinski definition) is 2.